The zero-order valence-corrected chi connectivity index (χ0v) is 11.7. The molecule has 0 aromatic carbocycles. The van der Waals surface area contributed by atoms with Crippen LogP contribution in [-0.2, 0) is 14.9 Å². The van der Waals surface area contributed by atoms with Gasteiger partial charge in [-0.3, -0.25) is 4.72 Å². The Kier molecular flexibility index (Phi) is 4.72. The highest BCUT2D eigenvalue weighted by molar-refractivity contribution is 7.91. The van der Waals surface area contributed by atoms with E-state index in [0.29, 0.717) is 5.56 Å². The predicted molar refractivity (Wildman–Crippen MR) is 68.7 cm³/mol. The third-order valence-electron chi connectivity index (χ3n) is 1.90. The minimum Gasteiger partial charge on any atom is -0.477 e. The summed E-state index contributed by atoms with van der Waals surface area (Å²) in [5, 5.41) is 10.4. The number of thiophene rings is 1. The number of carboxylic acids is 1. The van der Waals surface area contributed by atoms with E-state index >= 15 is 0 Å². The minimum absolute atomic E-state index is 0.0131. The molecule has 3 N–H and O–H groups in total. The standard InChI is InChI=1S/C9H12N2O6S2/c1-3-17-9(14)11-19(15,16)10-6-5(2)4-18-7(6)8(12)13/h4,10H,3H2,1-2H3,(H,11,14)(H,12,13). The van der Waals surface area contributed by atoms with Crippen LogP contribution in [0.2, 0.25) is 0 Å². The first kappa shape index (κ1) is 15.2. The molecule has 19 heavy (non-hydrogen) atoms. The summed E-state index contributed by atoms with van der Waals surface area (Å²) in [6, 6.07) is 0. The molecule has 0 aliphatic heterocycles. The van der Waals surface area contributed by atoms with E-state index in [4.69, 9.17) is 5.11 Å². The van der Waals surface area contributed by atoms with Crippen LogP contribution < -0.4 is 9.44 Å². The first-order chi connectivity index (χ1) is 8.76. The van der Waals surface area contributed by atoms with Gasteiger partial charge in [0, 0.05) is 0 Å². The fourth-order valence-corrected chi connectivity index (χ4v) is 2.93. The molecule has 0 bridgehead atoms. The molecular formula is C9H12N2O6S2. The Morgan fingerprint density at radius 1 is 1.47 bits per heavy atom. The lowest BCUT2D eigenvalue weighted by Crippen LogP contribution is -2.36. The molecule has 0 aliphatic rings. The van der Waals surface area contributed by atoms with Gasteiger partial charge in [-0.25, -0.2) is 14.3 Å². The summed E-state index contributed by atoms with van der Waals surface area (Å²) in [7, 11) is -4.24. The smallest absolute Gasteiger partial charge is 0.422 e. The van der Waals surface area contributed by atoms with Gasteiger partial charge in [0.05, 0.1) is 12.3 Å². The molecule has 0 fully saturated rings. The van der Waals surface area contributed by atoms with Gasteiger partial charge in [-0.05, 0) is 24.8 Å². The van der Waals surface area contributed by atoms with Crippen LogP contribution in [0, 0.1) is 6.92 Å². The zero-order chi connectivity index (χ0) is 14.6. The Hall–Kier alpha value is -1.81. The van der Waals surface area contributed by atoms with Crippen molar-refractivity contribution in [2.75, 3.05) is 11.3 Å². The number of hydrogen-bond donors (Lipinski definition) is 3. The number of amides is 1. The number of hydrogen-bond acceptors (Lipinski definition) is 6. The van der Waals surface area contributed by atoms with Gasteiger partial charge in [0.1, 0.15) is 4.88 Å². The van der Waals surface area contributed by atoms with Crippen molar-refractivity contribution in [2.45, 2.75) is 13.8 Å². The number of aromatic carboxylic acids is 1. The van der Waals surface area contributed by atoms with E-state index in [9.17, 15) is 18.0 Å². The van der Waals surface area contributed by atoms with Crippen LogP contribution in [0.4, 0.5) is 10.5 Å². The molecule has 1 rings (SSSR count). The number of carbonyl (C=O) groups is 2. The summed E-state index contributed by atoms with van der Waals surface area (Å²) in [5.41, 5.74) is 0.367. The molecule has 0 radical (unpaired) electrons. The van der Waals surface area contributed by atoms with Gasteiger partial charge < -0.3 is 9.84 Å². The Labute approximate surface area is 113 Å². The lowest BCUT2D eigenvalue weighted by Gasteiger charge is -2.09. The average molecular weight is 308 g/mol. The Morgan fingerprint density at radius 3 is 2.63 bits per heavy atom. The van der Waals surface area contributed by atoms with Crippen LogP contribution >= 0.6 is 11.3 Å². The molecule has 1 aromatic heterocycles. The lowest BCUT2D eigenvalue weighted by molar-refractivity contribution is 0.0703. The molecule has 1 heterocycles. The van der Waals surface area contributed by atoms with Crippen molar-refractivity contribution in [2.24, 2.45) is 0 Å². The first-order valence-corrected chi connectivity index (χ1v) is 7.41. The molecule has 0 saturated carbocycles. The third kappa shape index (κ3) is 4.10. The van der Waals surface area contributed by atoms with E-state index in [1.54, 1.807) is 11.6 Å². The number of nitrogens with one attached hydrogen (secondary N) is 2. The van der Waals surface area contributed by atoms with Crippen LogP contribution in [0.25, 0.3) is 0 Å². The Bertz CT molecular complexity index is 592. The van der Waals surface area contributed by atoms with Crippen LogP contribution in [0.1, 0.15) is 22.2 Å². The average Bonchev–Trinajstić information content (AvgIpc) is 2.59. The van der Waals surface area contributed by atoms with Gasteiger partial charge in [-0.1, -0.05) is 0 Å². The molecule has 0 saturated heterocycles. The van der Waals surface area contributed by atoms with E-state index in [0.717, 1.165) is 11.3 Å². The number of aryl methyl sites for hydroxylation is 1. The molecule has 0 spiro atoms. The maximum atomic E-state index is 11.6. The van der Waals surface area contributed by atoms with Gasteiger partial charge in [-0.15, -0.1) is 11.3 Å². The predicted octanol–water partition coefficient (Wildman–Crippen LogP) is 1.16. The van der Waals surface area contributed by atoms with Gasteiger partial charge >= 0.3 is 22.3 Å². The molecule has 106 valence electrons. The quantitative estimate of drug-likeness (QED) is 0.750. The Balaban J connectivity index is 2.93. The summed E-state index contributed by atoms with van der Waals surface area (Å²) in [6.07, 6.45) is -1.14. The van der Waals surface area contributed by atoms with Gasteiger partial charge in [0.25, 0.3) is 0 Å². The second-order valence-electron chi connectivity index (χ2n) is 3.36. The van der Waals surface area contributed by atoms with Crippen molar-refractivity contribution in [1.29, 1.82) is 0 Å². The second-order valence-corrected chi connectivity index (χ2v) is 5.65. The van der Waals surface area contributed by atoms with Gasteiger partial charge in [-0.2, -0.15) is 8.42 Å². The van der Waals surface area contributed by atoms with E-state index in [1.807, 2.05) is 4.72 Å². The van der Waals surface area contributed by atoms with Crippen molar-refractivity contribution in [3.8, 4) is 0 Å². The maximum Gasteiger partial charge on any atom is 0.422 e. The number of rotatable bonds is 5. The fraction of sp³-hybridized carbons (Fsp3) is 0.333. The molecule has 1 amide bonds. The SMILES string of the molecule is CCOC(=O)NS(=O)(=O)Nc1c(C)csc1C(=O)O. The topological polar surface area (TPSA) is 122 Å². The molecule has 1 aromatic rings. The summed E-state index contributed by atoms with van der Waals surface area (Å²) >= 11 is 0.884. The largest absolute Gasteiger partial charge is 0.477 e. The second kappa shape index (κ2) is 5.89. The summed E-state index contributed by atoms with van der Waals surface area (Å²) in [4.78, 5) is 21.8. The number of carboxylic acid groups (broad SMARTS) is 1. The zero-order valence-electron chi connectivity index (χ0n) is 10.1. The molecule has 0 unspecified atom stereocenters. The molecule has 10 heteroatoms. The normalized spacial score (nSPS) is 10.8. The van der Waals surface area contributed by atoms with Crippen molar-refractivity contribution in [3.05, 3.63) is 15.8 Å². The highest BCUT2D eigenvalue weighted by Crippen LogP contribution is 2.28. The summed E-state index contributed by atoms with van der Waals surface area (Å²) < 4.78 is 31.2. The van der Waals surface area contributed by atoms with E-state index < -0.39 is 22.3 Å². The molecule has 0 aliphatic carbocycles. The highest BCUT2D eigenvalue weighted by Gasteiger charge is 2.22. The van der Waals surface area contributed by atoms with Gasteiger partial charge in [0.15, 0.2) is 0 Å². The minimum atomic E-state index is -4.24. The van der Waals surface area contributed by atoms with E-state index in [-0.39, 0.29) is 17.2 Å². The maximum absolute atomic E-state index is 11.6. The lowest BCUT2D eigenvalue weighted by atomic mass is 10.3. The third-order valence-corrected chi connectivity index (χ3v) is 3.89. The van der Waals surface area contributed by atoms with Crippen LogP contribution in [0.3, 0.4) is 0 Å². The fourth-order valence-electron chi connectivity index (χ4n) is 1.16. The van der Waals surface area contributed by atoms with Crippen LogP contribution in [0.15, 0.2) is 5.38 Å². The first-order valence-electron chi connectivity index (χ1n) is 5.05. The van der Waals surface area contributed by atoms with Crippen molar-refractivity contribution in [1.82, 2.24) is 4.72 Å². The number of anilines is 1. The van der Waals surface area contributed by atoms with Crippen molar-refractivity contribution >= 4 is 39.3 Å². The molecular weight excluding hydrogens is 296 g/mol. The van der Waals surface area contributed by atoms with E-state index in [2.05, 4.69) is 4.74 Å². The summed E-state index contributed by atoms with van der Waals surface area (Å²) in [6.45, 7) is 3.08. The van der Waals surface area contributed by atoms with Crippen LogP contribution in [-0.4, -0.2) is 32.2 Å². The van der Waals surface area contributed by atoms with Crippen molar-refractivity contribution < 1.29 is 27.9 Å². The monoisotopic (exact) mass is 308 g/mol. The Morgan fingerprint density at radius 2 is 2.11 bits per heavy atom. The molecule has 8 nitrogen and oxygen atoms in total. The molecule has 0 atom stereocenters. The summed E-state index contributed by atoms with van der Waals surface area (Å²) in [5.74, 6) is -1.26. The van der Waals surface area contributed by atoms with Gasteiger partial charge in [0.2, 0.25) is 0 Å². The highest BCUT2D eigenvalue weighted by atomic mass is 32.2. The van der Waals surface area contributed by atoms with Crippen molar-refractivity contribution in [3.63, 3.8) is 0 Å². The number of carbonyl (C=O) groups excluding carboxylic acids is 1. The number of ether oxygens (including phenoxy) is 1. The van der Waals surface area contributed by atoms with Crippen LogP contribution in [0.5, 0.6) is 0 Å². The van der Waals surface area contributed by atoms with E-state index in [1.165, 1.54) is 12.3 Å².